The molecule has 3 heteroatoms. The fraction of sp³-hybridized carbons (Fsp3) is 0.562. The molecule has 0 bridgehead atoms. The SMILES string of the molecule is Cc1ccc(C#N)c(NC2CCNC3(CCC3)C2)c1. The van der Waals surface area contributed by atoms with Crippen LogP contribution in [0.15, 0.2) is 18.2 Å². The molecule has 100 valence electrons. The van der Waals surface area contributed by atoms with Gasteiger partial charge in [0, 0.05) is 11.6 Å². The Morgan fingerprint density at radius 1 is 1.42 bits per heavy atom. The van der Waals surface area contributed by atoms with Crippen molar-refractivity contribution < 1.29 is 0 Å². The van der Waals surface area contributed by atoms with Crippen molar-refractivity contribution in [1.82, 2.24) is 5.32 Å². The van der Waals surface area contributed by atoms with E-state index in [-0.39, 0.29) is 0 Å². The summed E-state index contributed by atoms with van der Waals surface area (Å²) < 4.78 is 0. The number of aryl methyl sites for hydroxylation is 1. The first-order valence-corrected chi connectivity index (χ1v) is 7.23. The number of hydrogen-bond acceptors (Lipinski definition) is 3. The molecule has 3 nitrogen and oxygen atoms in total. The number of nitrogens with one attached hydrogen (secondary N) is 2. The van der Waals surface area contributed by atoms with Gasteiger partial charge in [0.2, 0.25) is 0 Å². The second-order valence-electron chi connectivity index (χ2n) is 6.06. The lowest BCUT2D eigenvalue weighted by Crippen LogP contribution is -2.58. The molecule has 1 atom stereocenters. The minimum Gasteiger partial charge on any atom is -0.381 e. The summed E-state index contributed by atoms with van der Waals surface area (Å²) in [6.45, 7) is 3.16. The Morgan fingerprint density at radius 3 is 2.95 bits per heavy atom. The van der Waals surface area contributed by atoms with Gasteiger partial charge in [-0.1, -0.05) is 6.07 Å². The number of hydrogen-bond donors (Lipinski definition) is 2. The molecule has 19 heavy (non-hydrogen) atoms. The van der Waals surface area contributed by atoms with Crippen LogP contribution in [0.25, 0.3) is 0 Å². The molecule has 0 amide bonds. The lowest BCUT2D eigenvalue weighted by atomic mass is 9.70. The van der Waals surface area contributed by atoms with E-state index in [9.17, 15) is 5.26 Å². The Bertz CT molecular complexity index is 511. The third kappa shape index (κ3) is 2.46. The van der Waals surface area contributed by atoms with Crippen LogP contribution in [-0.2, 0) is 0 Å². The lowest BCUT2D eigenvalue weighted by Gasteiger charge is -2.48. The average Bonchev–Trinajstić information content (AvgIpc) is 2.37. The molecule has 2 fully saturated rings. The predicted octanol–water partition coefficient (Wildman–Crippen LogP) is 2.95. The summed E-state index contributed by atoms with van der Waals surface area (Å²) in [6.07, 6.45) is 6.30. The van der Waals surface area contributed by atoms with Crippen LogP contribution in [0.1, 0.15) is 43.2 Å². The van der Waals surface area contributed by atoms with Crippen molar-refractivity contribution in [1.29, 1.82) is 5.26 Å². The Balaban J connectivity index is 1.74. The molecule has 1 aromatic carbocycles. The van der Waals surface area contributed by atoms with E-state index in [0.29, 0.717) is 11.6 Å². The number of rotatable bonds is 2. The molecule has 2 N–H and O–H groups in total. The fourth-order valence-electron chi connectivity index (χ4n) is 3.36. The van der Waals surface area contributed by atoms with E-state index in [4.69, 9.17) is 0 Å². The molecular formula is C16H21N3. The van der Waals surface area contributed by atoms with E-state index in [1.54, 1.807) is 0 Å². The summed E-state index contributed by atoms with van der Waals surface area (Å²) in [7, 11) is 0. The summed E-state index contributed by atoms with van der Waals surface area (Å²) in [5.41, 5.74) is 3.36. The number of nitriles is 1. The van der Waals surface area contributed by atoms with Crippen LogP contribution < -0.4 is 10.6 Å². The predicted molar refractivity (Wildman–Crippen MR) is 77.1 cm³/mol. The Hall–Kier alpha value is -1.53. The van der Waals surface area contributed by atoms with E-state index in [1.165, 1.54) is 31.2 Å². The van der Waals surface area contributed by atoms with Crippen molar-refractivity contribution in [2.24, 2.45) is 0 Å². The molecule has 1 saturated heterocycles. The standard InChI is InChI=1S/C16H21N3/c1-12-3-4-13(11-17)15(9-12)19-14-5-8-18-16(10-14)6-2-7-16/h3-4,9,14,18-19H,2,5-8,10H2,1H3. The lowest BCUT2D eigenvalue weighted by molar-refractivity contribution is 0.135. The van der Waals surface area contributed by atoms with Gasteiger partial charge in [0.05, 0.1) is 11.3 Å². The first-order valence-electron chi connectivity index (χ1n) is 7.23. The molecule has 1 unspecified atom stereocenters. The quantitative estimate of drug-likeness (QED) is 0.854. The van der Waals surface area contributed by atoms with E-state index in [0.717, 1.165) is 24.2 Å². The minimum atomic E-state index is 0.395. The highest BCUT2D eigenvalue weighted by Crippen LogP contribution is 2.39. The normalized spacial score (nSPS) is 24.5. The van der Waals surface area contributed by atoms with Crippen molar-refractivity contribution in [2.45, 2.75) is 50.6 Å². The minimum absolute atomic E-state index is 0.395. The highest BCUT2D eigenvalue weighted by atomic mass is 15.0. The maximum absolute atomic E-state index is 9.20. The van der Waals surface area contributed by atoms with Gasteiger partial charge in [-0.05, 0) is 63.3 Å². The molecule has 0 radical (unpaired) electrons. The smallest absolute Gasteiger partial charge is 0.101 e. The third-order valence-electron chi connectivity index (χ3n) is 4.60. The molecule has 1 heterocycles. The van der Waals surface area contributed by atoms with Crippen molar-refractivity contribution in [3.05, 3.63) is 29.3 Å². The van der Waals surface area contributed by atoms with Gasteiger partial charge in [0.1, 0.15) is 6.07 Å². The molecule has 1 spiro atoms. The number of benzene rings is 1. The van der Waals surface area contributed by atoms with E-state index in [1.807, 2.05) is 12.1 Å². The summed E-state index contributed by atoms with van der Waals surface area (Å²) in [4.78, 5) is 0. The zero-order chi connectivity index (χ0) is 13.3. The molecule has 1 aliphatic carbocycles. The molecule has 3 rings (SSSR count). The Morgan fingerprint density at radius 2 is 2.26 bits per heavy atom. The van der Waals surface area contributed by atoms with Crippen LogP contribution in [0, 0.1) is 18.3 Å². The van der Waals surface area contributed by atoms with Crippen LogP contribution >= 0.6 is 0 Å². The van der Waals surface area contributed by atoms with Crippen molar-refractivity contribution in [3.8, 4) is 6.07 Å². The van der Waals surface area contributed by atoms with Gasteiger partial charge in [-0.15, -0.1) is 0 Å². The molecule has 1 saturated carbocycles. The van der Waals surface area contributed by atoms with Crippen LogP contribution in [0.3, 0.4) is 0 Å². The van der Waals surface area contributed by atoms with Gasteiger partial charge in [0.15, 0.2) is 0 Å². The van der Waals surface area contributed by atoms with Gasteiger partial charge in [-0.3, -0.25) is 0 Å². The zero-order valence-electron chi connectivity index (χ0n) is 11.5. The van der Waals surface area contributed by atoms with E-state index in [2.05, 4.69) is 29.7 Å². The summed E-state index contributed by atoms with van der Waals surface area (Å²) in [6, 6.07) is 8.78. The highest BCUT2D eigenvalue weighted by Gasteiger charge is 2.40. The van der Waals surface area contributed by atoms with Gasteiger partial charge < -0.3 is 10.6 Å². The maximum atomic E-state index is 9.20. The molecule has 2 aliphatic rings. The van der Waals surface area contributed by atoms with E-state index >= 15 is 0 Å². The van der Waals surface area contributed by atoms with E-state index < -0.39 is 0 Å². The fourth-order valence-corrected chi connectivity index (χ4v) is 3.36. The first-order chi connectivity index (χ1) is 9.21. The van der Waals surface area contributed by atoms with Gasteiger partial charge >= 0.3 is 0 Å². The number of nitrogens with zero attached hydrogens (tertiary/aromatic N) is 1. The summed E-state index contributed by atoms with van der Waals surface area (Å²) >= 11 is 0. The van der Waals surface area contributed by atoms with Crippen LogP contribution in [0.2, 0.25) is 0 Å². The van der Waals surface area contributed by atoms with Crippen molar-refractivity contribution in [3.63, 3.8) is 0 Å². The zero-order valence-corrected chi connectivity index (χ0v) is 11.5. The molecule has 0 aromatic heterocycles. The summed E-state index contributed by atoms with van der Waals surface area (Å²) in [5, 5.41) is 16.5. The number of piperidine rings is 1. The topological polar surface area (TPSA) is 47.9 Å². The van der Waals surface area contributed by atoms with Crippen LogP contribution in [0.4, 0.5) is 5.69 Å². The number of anilines is 1. The molecule has 1 aliphatic heterocycles. The van der Waals surface area contributed by atoms with Gasteiger partial charge in [-0.25, -0.2) is 0 Å². The van der Waals surface area contributed by atoms with Crippen molar-refractivity contribution in [2.75, 3.05) is 11.9 Å². The third-order valence-corrected chi connectivity index (χ3v) is 4.60. The Kier molecular flexibility index (Phi) is 3.20. The molecular weight excluding hydrogens is 234 g/mol. The Labute approximate surface area is 115 Å². The van der Waals surface area contributed by atoms with Gasteiger partial charge in [0.25, 0.3) is 0 Å². The monoisotopic (exact) mass is 255 g/mol. The first kappa shape index (κ1) is 12.5. The van der Waals surface area contributed by atoms with Crippen molar-refractivity contribution >= 4 is 5.69 Å². The highest BCUT2D eigenvalue weighted by molar-refractivity contribution is 5.59. The maximum Gasteiger partial charge on any atom is 0.101 e. The largest absolute Gasteiger partial charge is 0.381 e. The summed E-state index contributed by atoms with van der Waals surface area (Å²) in [5.74, 6) is 0. The second-order valence-corrected chi connectivity index (χ2v) is 6.06. The average molecular weight is 255 g/mol. The van der Waals surface area contributed by atoms with Crippen LogP contribution in [-0.4, -0.2) is 18.1 Å². The van der Waals surface area contributed by atoms with Crippen LogP contribution in [0.5, 0.6) is 0 Å². The molecule has 1 aromatic rings. The second kappa shape index (κ2) is 4.86. The van der Waals surface area contributed by atoms with Gasteiger partial charge in [-0.2, -0.15) is 5.26 Å².